The number of ether oxygens (including phenoxy) is 1. The lowest BCUT2D eigenvalue weighted by Crippen LogP contribution is -2.44. The molecular formula is C17H24N6O4S2. The molecule has 0 saturated carbocycles. The Morgan fingerprint density at radius 2 is 2.21 bits per heavy atom. The van der Waals surface area contributed by atoms with E-state index in [9.17, 15) is 13.2 Å². The zero-order valence-corrected chi connectivity index (χ0v) is 18.1. The van der Waals surface area contributed by atoms with Gasteiger partial charge in [0.15, 0.2) is 20.8 Å². The molecule has 3 rings (SSSR count). The summed E-state index contributed by atoms with van der Waals surface area (Å²) in [5.41, 5.74) is 0.415. The van der Waals surface area contributed by atoms with Crippen LogP contribution in [0.15, 0.2) is 12.3 Å². The minimum Gasteiger partial charge on any atom is -0.377 e. The largest absolute Gasteiger partial charge is 0.377 e. The van der Waals surface area contributed by atoms with Crippen LogP contribution >= 0.6 is 11.3 Å². The van der Waals surface area contributed by atoms with Crippen molar-refractivity contribution in [3.63, 3.8) is 0 Å². The van der Waals surface area contributed by atoms with Gasteiger partial charge in [-0.2, -0.15) is 0 Å². The predicted molar refractivity (Wildman–Crippen MR) is 112 cm³/mol. The minimum absolute atomic E-state index is 0.106. The number of rotatable bonds is 6. The van der Waals surface area contributed by atoms with Crippen LogP contribution in [0.3, 0.4) is 0 Å². The molecule has 1 aliphatic rings. The summed E-state index contributed by atoms with van der Waals surface area (Å²) < 4.78 is 29.1. The van der Waals surface area contributed by atoms with Crippen molar-refractivity contribution in [3.8, 4) is 10.7 Å². The van der Waals surface area contributed by atoms with Crippen LogP contribution in [0.25, 0.3) is 10.7 Å². The number of hydrogen-bond acceptors (Lipinski definition) is 9. The lowest BCUT2D eigenvalue weighted by atomic mass is 10.2. The summed E-state index contributed by atoms with van der Waals surface area (Å²) in [4.78, 5) is 27.7. The number of morpholine rings is 1. The summed E-state index contributed by atoms with van der Waals surface area (Å²) in [5.74, 6) is 0.842. The van der Waals surface area contributed by atoms with Crippen molar-refractivity contribution in [1.82, 2.24) is 20.3 Å². The monoisotopic (exact) mass is 440 g/mol. The summed E-state index contributed by atoms with van der Waals surface area (Å²) >= 11 is 1.22. The maximum absolute atomic E-state index is 11.8. The highest BCUT2D eigenvalue weighted by Gasteiger charge is 2.23. The number of carbonyl (C=O) groups excluding carboxylic acids is 1. The fourth-order valence-electron chi connectivity index (χ4n) is 2.89. The quantitative estimate of drug-likeness (QED) is 0.692. The van der Waals surface area contributed by atoms with Crippen molar-refractivity contribution >= 4 is 38.2 Å². The number of carbonyl (C=O) groups is 1. The van der Waals surface area contributed by atoms with Gasteiger partial charge >= 0.3 is 6.03 Å². The van der Waals surface area contributed by atoms with E-state index in [2.05, 4.69) is 30.5 Å². The van der Waals surface area contributed by atoms with Crippen molar-refractivity contribution in [2.75, 3.05) is 42.8 Å². The molecule has 158 valence electrons. The Kier molecular flexibility index (Phi) is 6.65. The van der Waals surface area contributed by atoms with Gasteiger partial charge in [0.2, 0.25) is 0 Å². The molecular weight excluding hydrogens is 416 g/mol. The van der Waals surface area contributed by atoms with E-state index in [1.165, 1.54) is 17.6 Å². The molecule has 1 atom stereocenters. The number of urea groups is 1. The van der Waals surface area contributed by atoms with Gasteiger partial charge in [0.05, 0.1) is 41.8 Å². The number of hydrogen-bond donors (Lipinski definition) is 2. The molecule has 0 aromatic carbocycles. The van der Waals surface area contributed by atoms with E-state index >= 15 is 0 Å². The zero-order chi connectivity index (χ0) is 21.0. The van der Waals surface area contributed by atoms with Gasteiger partial charge in [-0.15, -0.1) is 0 Å². The van der Waals surface area contributed by atoms with Gasteiger partial charge in [0.25, 0.3) is 0 Å². The number of sulfone groups is 1. The lowest BCUT2D eigenvalue weighted by molar-refractivity contribution is 0.0985. The van der Waals surface area contributed by atoms with E-state index < -0.39 is 9.84 Å². The molecule has 0 radical (unpaired) electrons. The highest BCUT2D eigenvalue weighted by molar-refractivity contribution is 7.89. The van der Waals surface area contributed by atoms with E-state index in [0.29, 0.717) is 53.6 Å². The maximum atomic E-state index is 11.8. The highest BCUT2D eigenvalue weighted by Crippen LogP contribution is 2.29. The molecule has 2 aromatic rings. The molecule has 2 N–H and O–H groups in total. The predicted octanol–water partition coefficient (Wildman–Crippen LogP) is 1.51. The van der Waals surface area contributed by atoms with Gasteiger partial charge in [-0.05, 0) is 13.8 Å². The van der Waals surface area contributed by atoms with E-state index in [4.69, 9.17) is 4.74 Å². The topological polar surface area (TPSA) is 126 Å². The lowest BCUT2D eigenvalue weighted by Gasteiger charge is -2.34. The summed E-state index contributed by atoms with van der Waals surface area (Å²) in [6, 6.07) is 1.47. The second kappa shape index (κ2) is 9.01. The Morgan fingerprint density at radius 1 is 1.41 bits per heavy atom. The number of nitrogens with zero attached hydrogens (tertiary/aromatic N) is 4. The van der Waals surface area contributed by atoms with Gasteiger partial charge in [0.1, 0.15) is 5.82 Å². The third kappa shape index (κ3) is 5.84. The molecule has 2 aromatic heterocycles. The van der Waals surface area contributed by atoms with Crippen LogP contribution in [0.4, 0.5) is 15.7 Å². The SMILES string of the molecule is CCNC(=O)Nc1ncc(-c2nc(CS(C)(=O)=O)cc(N3CCOC[C@@H]3C)n2)s1. The third-order valence-electron chi connectivity index (χ3n) is 4.12. The molecule has 1 aliphatic heterocycles. The van der Waals surface area contributed by atoms with E-state index in [1.54, 1.807) is 12.3 Å². The normalized spacial score (nSPS) is 17.2. The molecule has 1 saturated heterocycles. The molecule has 0 unspecified atom stereocenters. The smallest absolute Gasteiger partial charge is 0.321 e. The van der Waals surface area contributed by atoms with Crippen LogP contribution in [0.5, 0.6) is 0 Å². The molecule has 1 fully saturated rings. The summed E-state index contributed by atoms with van der Waals surface area (Å²) in [5, 5.41) is 5.69. The summed E-state index contributed by atoms with van der Waals surface area (Å²) in [6.45, 7) is 6.15. The van der Waals surface area contributed by atoms with Gasteiger partial charge in [-0.3, -0.25) is 5.32 Å². The van der Waals surface area contributed by atoms with Crippen LogP contribution in [0.2, 0.25) is 0 Å². The Bertz CT molecular complexity index is 978. The Labute approximate surface area is 173 Å². The van der Waals surface area contributed by atoms with Crippen molar-refractivity contribution in [1.29, 1.82) is 0 Å². The second-order valence-corrected chi connectivity index (χ2v) is 9.91. The fraction of sp³-hybridized carbons (Fsp3) is 0.529. The third-order valence-corrected chi connectivity index (χ3v) is 5.85. The number of thiazole rings is 1. The average Bonchev–Trinajstić information content (AvgIpc) is 3.09. The first kappa shape index (κ1) is 21.4. The first-order chi connectivity index (χ1) is 13.7. The number of amides is 2. The van der Waals surface area contributed by atoms with Crippen LogP contribution in [0, 0.1) is 0 Å². The first-order valence-electron chi connectivity index (χ1n) is 9.16. The summed E-state index contributed by atoms with van der Waals surface area (Å²) in [6.07, 6.45) is 2.74. The highest BCUT2D eigenvalue weighted by atomic mass is 32.2. The van der Waals surface area contributed by atoms with Crippen molar-refractivity contribution < 1.29 is 17.9 Å². The molecule has 12 heteroatoms. The standard InChI is InChI=1S/C17H24N6O4S2/c1-4-18-16(24)22-17-19-8-13(28-17)15-20-12(10-29(3,25)26)7-14(21-15)23-5-6-27-9-11(23)2/h7-8,11H,4-6,9-10H2,1-3H3,(H2,18,19,22,24)/t11-/m0/s1. The van der Waals surface area contributed by atoms with Crippen molar-refractivity contribution in [2.45, 2.75) is 25.6 Å². The fourth-order valence-corrected chi connectivity index (χ4v) is 4.32. The molecule has 0 bridgehead atoms. The molecule has 0 aliphatic carbocycles. The van der Waals surface area contributed by atoms with Crippen molar-refractivity contribution in [3.05, 3.63) is 18.0 Å². The van der Waals surface area contributed by atoms with E-state index in [-0.39, 0.29) is 17.8 Å². The van der Waals surface area contributed by atoms with Crippen molar-refractivity contribution in [2.24, 2.45) is 0 Å². The molecule has 3 heterocycles. The molecule has 0 spiro atoms. The zero-order valence-electron chi connectivity index (χ0n) is 16.5. The first-order valence-corrected chi connectivity index (χ1v) is 12.0. The Morgan fingerprint density at radius 3 is 2.90 bits per heavy atom. The van der Waals surface area contributed by atoms with Gasteiger partial charge in [0, 0.05) is 25.4 Å². The minimum atomic E-state index is -3.27. The van der Waals surface area contributed by atoms with Gasteiger partial charge < -0.3 is 15.0 Å². The van der Waals surface area contributed by atoms with E-state index in [1.807, 2.05) is 13.8 Å². The van der Waals surface area contributed by atoms with E-state index in [0.717, 1.165) is 0 Å². The molecule has 10 nitrogen and oxygen atoms in total. The van der Waals surface area contributed by atoms with Crippen LogP contribution in [0.1, 0.15) is 19.5 Å². The van der Waals surface area contributed by atoms with Crippen LogP contribution in [-0.4, -0.2) is 68.0 Å². The number of nitrogens with one attached hydrogen (secondary N) is 2. The number of anilines is 2. The maximum Gasteiger partial charge on any atom is 0.321 e. The molecule has 2 amide bonds. The van der Waals surface area contributed by atoms with Crippen LogP contribution in [-0.2, 0) is 20.3 Å². The Balaban J connectivity index is 1.95. The van der Waals surface area contributed by atoms with Gasteiger partial charge in [-0.1, -0.05) is 11.3 Å². The Hall–Kier alpha value is -2.31. The average molecular weight is 441 g/mol. The second-order valence-electron chi connectivity index (χ2n) is 6.74. The van der Waals surface area contributed by atoms with Gasteiger partial charge in [-0.25, -0.2) is 28.2 Å². The van der Waals surface area contributed by atoms with Crippen LogP contribution < -0.4 is 15.5 Å². The summed E-state index contributed by atoms with van der Waals surface area (Å²) in [7, 11) is -3.27. The number of aromatic nitrogens is 3. The molecule has 29 heavy (non-hydrogen) atoms.